The van der Waals surface area contributed by atoms with E-state index in [0.29, 0.717) is 19.6 Å². The van der Waals surface area contributed by atoms with Gasteiger partial charge >= 0.3 is 0 Å². The smallest absolute Gasteiger partial charge is 0.242 e. The monoisotopic (exact) mass is 328 g/mol. The third-order valence-electron chi connectivity index (χ3n) is 4.51. The summed E-state index contributed by atoms with van der Waals surface area (Å²) >= 11 is 0. The molecule has 2 heterocycles. The minimum absolute atomic E-state index is 0.126. The standard InChI is InChI=1S/C18H24N4O2/c1-18(2)13-21(17(23)12-20-9-8-19-14-20)10-11-22(18)15-6-4-5-7-16(15)24-3/h4-9,14H,10-13H2,1-3H3. The lowest BCUT2D eigenvalue weighted by Crippen LogP contribution is -2.61. The van der Waals surface area contributed by atoms with Crippen LogP contribution in [-0.4, -0.2) is 52.6 Å². The van der Waals surface area contributed by atoms with E-state index < -0.39 is 0 Å². The highest BCUT2D eigenvalue weighted by molar-refractivity contribution is 5.76. The Bertz CT molecular complexity index is 697. The Kier molecular flexibility index (Phi) is 4.46. The fraction of sp³-hybridized carbons (Fsp3) is 0.444. The summed E-state index contributed by atoms with van der Waals surface area (Å²) in [6, 6.07) is 8.04. The van der Waals surface area contributed by atoms with E-state index in [1.165, 1.54) is 0 Å². The zero-order valence-corrected chi connectivity index (χ0v) is 14.5. The molecule has 1 aromatic carbocycles. The van der Waals surface area contributed by atoms with E-state index >= 15 is 0 Å². The molecule has 0 radical (unpaired) electrons. The molecule has 128 valence electrons. The first kappa shape index (κ1) is 16.4. The summed E-state index contributed by atoms with van der Waals surface area (Å²) in [5.41, 5.74) is 0.906. The van der Waals surface area contributed by atoms with Gasteiger partial charge in [-0.15, -0.1) is 0 Å². The van der Waals surface area contributed by atoms with Crippen molar-refractivity contribution in [3.05, 3.63) is 43.0 Å². The number of hydrogen-bond acceptors (Lipinski definition) is 4. The summed E-state index contributed by atoms with van der Waals surface area (Å²) in [5.74, 6) is 0.990. The molecule has 0 atom stereocenters. The van der Waals surface area contributed by atoms with Crippen molar-refractivity contribution < 1.29 is 9.53 Å². The first-order valence-corrected chi connectivity index (χ1v) is 8.15. The molecule has 1 aliphatic heterocycles. The van der Waals surface area contributed by atoms with E-state index in [1.54, 1.807) is 19.6 Å². The van der Waals surface area contributed by atoms with Crippen LogP contribution in [0.3, 0.4) is 0 Å². The van der Waals surface area contributed by atoms with Gasteiger partial charge in [0.25, 0.3) is 0 Å². The maximum atomic E-state index is 12.6. The van der Waals surface area contributed by atoms with E-state index in [1.807, 2.05) is 33.9 Å². The molecule has 0 spiro atoms. The summed E-state index contributed by atoms with van der Waals surface area (Å²) in [5, 5.41) is 0. The van der Waals surface area contributed by atoms with Crippen molar-refractivity contribution in [2.45, 2.75) is 25.9 Å². The predicted molar refractivity (Wildman–Crippen MR) is 93.2 cm³/mol. The number of anilines is 1. The molecule has 0 N–H and O–H groups in total. The van der Waals surface area contributed by atoms with Crippen LogP contribution in [0.2, 0.25) is 0 Å². The second kappa shape index (κ2) is 6.55. The quantitative estimate of drug-likeness (QED) is 0.862. The largest absolute Gasteiger partial charge is 0.495 e. The Labute approximate surface area is 142 Å². The molecule has 1 aromatic heterocycles. The molecule has 0 bridgehead atoms. The zero-order valence-electron chi connectivity index (χ0n) is 14.5. The number of imidazole rings is 1. The van der Waals surface area contributed by atoms with Crippen LogP contribution < -0.4 is 9.64 Å². The van der Waals surface area contributed by atoms with Gasteiger partial charge in [-0.25, -0.2) is 4.98 Å². The number of carbonyl (C=O) groups is 1. The maximum absolute atomic E-state index is 12.6. The molecule has 1 amide bonds. The Morgan fingerprint density at radius 3 is 2.75 bits per heavy atom. The number of ether oxygens (including phenoxy) is 1. The van der Waals surface area contributed by atoms with E-state index in [9.17, 15) is 4.79 Å². The number of hydrogen-bond donors (Lipinski definition) is 0. The summed E-state index contributed by atoms with van der Waals surface area (Å²) in [6.45, 7) is 6.83. The SMILES string of the molecule is COc1ccccc1N1CCN(C(=O)Cn2ccnc2)CC1(C)C. The molecule has 0 unspecified atom stereocenters. The Morgan fingerprint density at radius 1 is 1.29 bits per heavy atom. The van der Waals surface area contributed by atoms with Gasteiger partial charge < -0.3 is 19.1 Å². The van der Waals surface area contributed by atoms with Gasteiger partial charge in [0.1, 0.15) is 12.3 Å². The number of para-hydroxylation sites is 2. The highest BCUT2D eigenvalue weighted by Crippen LogP contribution is 2.34. The summed E-state index contributed by atoms with van der Waals surface area (Å²) in [4.78, 5) is 20.8. The number of amides is 1. The van der Waals surface area contributed by atoms with Crippen LogP contribution in [0.1, 0.15) is 13.8 Å². The fourth-order valence-corrected chi connectivity index (χ4v) is 3.30. The lowest BCUT2D eigenvalue weighted by Gasteiger charge is -2.48. The number of piperazine rings is 1. The van der Waals surface area contributed by atoms with Crippen molar-refractivity contribution in [3.8, 4) is 5.75 Å². The molecule has 2 aromatic rings. The second-order valence-electron chi connectivity index (χ2n) is 6.69. The molecule has 0 aliphatic carbocycles. The lowest BCUT2D eigenvalue weighted by molar-refractivity contribution is -0.133. The van der Waals surface area contributed by atoms with Crippen LogP contribution in [0.15, 0.2) is 43.0 Å². The third kappa shape index (κ3) is 3.22. The molecule has 1 saturated heterocycles. The van der Waals surface area contributed by atoms with Crippen LogP contribution in [0, 0.1) is 0 Å². The fourth-order valence-electron chi connectivity index (χ4n) is 3.30. The molecular formula is C18H24N4O2. The summed E-state index contributed by atoms with van der Waals surface area (Å²) < 4.78 is 7.31. The highest BCUT2D eigenvalue weighted by Gasteiger charge is 2.36. The van der Waals surface area contributed by atoms with Crippen LogP contribution in [0.4, 0.5) is 5.69 Å². The minimum atomic E-state index is -0.169. The van der Waals surface area contributed by atoms with Crippen molar-refractivity contribution in [2.75, 3.05) is 31.6 Å². The van der Waals surface area contributed by atoms with Gasteiger partial charge in [-0.1, -0.05) is 12.1 Å². The van der Waals surface area contributed by atoms with Gasteiger partial charge in [0.05, 0.1) is 24.7 Å². The maximum Gasteiger partial charge on any atom is 0.242 e. The van der Waals surface area contributed by atoms with E-state index in [2.05, 4.69) is 29.8 Å². The normalized spacial score (nSPS) is 17.0. The number of benzene rings is 1. The van der Waals surface area contributed by atoms with Crippen LogP contribution in [0.5, 0.6) is 5.75 Å². The topological polar surface area (TPSA) is 50.6 Å². The molecule has 6 heteroatoms. The molecule has 6 nitrogen and oxygen atoms in total. The first-order chi connectivity index (χ1) is 11.5. The number of carbonyl (C=O) groups excluding carboxylic acids is 1. The van der Waals surface area contributed by atoms with E-state index in [4.69, 9.17) is 4.74 Å². The molecule has 3 rings (SSSR count). The van der Waals surface area contributed by atoms with Gasteiger partial charge in [-0.3, -0.25) is 4.79 Å². The third-order valence-corrected chi connectivity index (χ3v) is 4.51. The Hall–Kier alpha value is -2.50. The highest BCUT2D eigenvalue weighted by atomic mass is 16.5. The number of methoxy groups -OCH3 is 1. The van der Waals surface area contributed by atoms with E-state index in [0.717, 1.165) is 18.0 Å². The van der Waals surface area contributed by atoms with Crippen LogP contribution in [0.25, 0.3) is 0 Å². The average Bonchev–Trinajstić information content (AvgIpc) is 3.07. The number of aromatic nitrogens is 2. The van der Waals surface area contributed by atoms with E-state index in [-0.39, 0.29) is 11.4 Å². The molecule has 0 saturated carbocycles. The van der Waals surface area contributed by atoms with Gasteiger partial charge in [0, 0.05) is 32.0 Å². The number of rotatable bonds is 4. The van der Waals surface area contributed by atoms with Crippen molar-refractivity contribution in [1.82, 2.24) is 14.5 Å². The first-order valence-electron chi connectivity index (χ1n) is 8.15. The lowest BCUT2D eigenvalue weighted by atomic mass is 9.97. The van der Waals surface area contributed by atoms with Crippen molar-refractivity contribution >= 4 is 11.6 Å². The number of nitrogens with zero attached hydrogens (tertiary/aromatic N) is 4. The van der Waals surface area contributed by atoms with Crippen molar-refractivity contribution in [1.29, 1.82) is 0 Å². The Morgan fingerprint density at radius 2 is 2.08 bits per heavy atom. The van der Waals surface area contributed by atoms with Crippen molar-refractivity contribution in [2.24, 2.45) is 0 Å². The van der Waals surface area contributed by atoms with Crippen LogP contribution in [-0.2, 0) is 11.3 Å². The molecular weight excluding hydrogens is 304 g/mol. The van der Waals surface area contributed by atoms with Gasteiger partial charge in [0.2, 0.25) is 5.91 Å². The van der Waals surface area contributed by atoms with Gasteiger partial charge in [-0.05, 0) is 26.0 Å². The zero-order chi connectivity index (χ0) is 17.2. The second-order valence-corrected chi connectivity index (χ2v) is 6.69. The molecule has 1 aliphatic rings. The summed E-state index contributed by atoms with van der Waals surface area (Å²) in [6.07, 6.45) is 5.18. The van der Waals surface area contributed by atoms with Gasteiger partial charge in [-0.2, -0.15) is 0 Å². The molecule has 24 heavy (non-hydrogen) atoms. The van der Waals surface area contributed by atoms with Crippen LogP contribution >= 0.6 is 0 Å². The minimum Gasteiger partial charge on any atom is -0.495 e. The average molecular weight is 328 g/mol. The van der Waals surface area contributed by atoms with Gasteiger partial charge in [0.15, 0.2) is 0 Å². The predicted octanol–water partition coefficient (Wildman–Crippen LogP) is 2.02. The summed E-state index contributed by atoms with van der Waals surface area (Å²) in [7, 11) is 1.69. The Balaban J connectivity index is 1.74. The molecule has 1 fully saturated rings. The van der Waals surface area contributed by atoms with Crippen molar-refractivity contribution in [3.63, 3.8) is 0 Å².